The normalized spacial score (nSPS) is 10.2. The predicted molar refractivity (Wildman–Crippen MR) is 69.0 cm³/mol. The molecular formula is C13H8FNO3S. The molecule has 0 saturated carbocycles. The van der Waals surface area contributed by atoms with Crippen molar-refractivity contribution in [3.63, 3.8) is 0 Å². The van der Waals surface area contributed by atoms with Gasteiger partial charge < -0.3 is 0 Å². The molecule has 0 aliphatic rings. The van der Waals surface area contributed by atoms with Crippen LogP contribution >= 0.6 is 11.8 Å². The van der Waals surface area contributed by atoms with E-state index in [4.69, 9.17) is 0 Å². The van der Waals surface area contributed by atoms with Gasteiger partial charge in [0.1, 0.15) is 5.82 Å². The zero-order chi connectivity index (χ0) is 13.8. The summed E-state index contributed by atoms with van der Waals surface area (Å²) in [4.78, 5) is 22.2. The lowest BCUT2D eigenvalue weighted by Crippen LogP contribution is -1.88. The summed E-state index contributed by atoms with van der Waals surface area (Å²) in [6, 6.07) is 9.85. The second kappa shape index (κ2) is 5.62. The molecule has 2 aromatic carbocycles. The van der Waals surface area contributed by atoms with E-state index in [0.29, 0.717) is 11.2 Å². The van der Waals surface area contributed by atoms with E-state index < -0.39 is 10.7 Å². The lowest BCUT2D eigenvalue weighted by molar-refractivity contribution is -0.384. The lowest BCUT2D eigenvalue weighted by atomic mass is 10.2. The molecule has 6 heteroatoms. The van der Waals surface area contributed by atoms with Gasteiger partial charge in [-0.3, -0.25) is 14.9 Å². The number of rotatable bonds is 4. The number of nitro groups is 1. The highest BCUT2D eigenvalue weighted by atomic mass is 32.2. The second-order valence-electron chi connectivity index (χ2n) is 3.65. The van der Waals surface area contributed by atoms with Crippen LogP contribution < -0.4 is 0 Å². The van der Waals surface area contributed by atoms with Crippen molar-refractivity contribution in [3.05, 3.63) is 64.0 Å². The van der Waals surface area contributed by atoms with Crippen LogP contribution in [0.5, 0.6) is 0 Å². The molecule has 19 heavy (non-hydrogen) atoms. The molecule has 0 bridgehead atoms. The Morgan fingerprint density at radius 2 is 1.84 bits per heavy atom. The van der Waals surface area contributed by atoms with Gasteiger partial charge in [0.2, 0.25) is 0 Å². The van der Waals surface area contributed by atoms with Gasteiger partial charge in [-0.15, -0.1) is 0 Å². The number of benzene rings is 2. The summed E-state index contributed by atoms with van der Waals surface area (Å²) < 4.78 is 13.0. The van der Waals surface area contributed by atoms with Gasteiger partial charge in [-0.25, -0.2) is 4.39 Å². The lowest BCUT2D eigenvalue weighted by Gasteiger charge is -2.04. The summed E-state index contributed by atoms with van der Waals surface area (Å²) in [5.74, 6) is -0.477. The Morgan fingerprint density at radius 3 is 2.42 bits per heavy atom. The summed E-state index contributed by atoms with van der Waals surface area (Å²) in [6.07, 6.45) is 0.580. The molecule has 0 amide bonds. The van der Waals surface area contributed by atoms with Crippen molar-refractivity contribution in [2.75, 3.05) is 0 Å². The van der Waals surface area contributed by atoms with Crippen LogP contribution in [0, 0.1) is 15.9 Å². The van der Waals surface area contributed by atoms with Crippen LogP contribution in [0.3, 0.4) is 0 Å². The van der Waals surface area contributed by atoms with E-state index in [9.17, 15) is 19.3 Å². The number of carbonyl (C=O) groups excluding carboxylic acids is 1. The molecule has 0 atom stereocenters. The van der Waals surface area contributed by atoms with E-state index in [2.05, 4.69) is 0 Å². The molecule has 0 heterocycles. The van der Waals surface area contributed by atoms with E-state index in [0.717, 1.165) is 11.0 Å². The molecule has 2 rings (SSSR count). The number of non-ortho nitro benzene ring substituents is 1. The van der Waals surface area contributed by atoms with E-state index in [1.54, 1.807) is 12.1 Å². The fraction of sp³-hybridized carbons (Fsp3) is 0. The number of carbonyl (C=O) groups is 1. The molecule has 0 aromatic heterocycles. The number of aldehydes is 1. The first-order valence-corrected chi connectivity index (χ1v) is 6.09. The highest BCUT2D eigenvalue weighted by molar-refractivity contribution is 7.99. The topological polar surface area (TPSA) is 60.2 Å². The average molecular weight is 277 g/mol. The van der Waals surface area contributed by atoms with Crippen LogP contribution in [0.4, 0.5) is 10.1 Å². The number of nitrogens with zero attached hydrogens (tertiary/aromatic N) is 1. The highest BCUT2D eigenvalue weighted by Crippen LogP contribution is 2.31. The molecular weight excluding hydrogens is 269 g/mol. The Hall–Kier alpha value is -2.21. The van der Waals surface area contributed by atoms with Crippen LogP contribution in [-0.2, 0) is 0 Å². The quantitative estimate of drug-likeness (QED) is 0.485. The van der Waals surface area contributed by atoms with Gasteiger partial charge >= 0.3 is 0 Å². The van der Waals surface area contributed by atoms with E-state index in [-0.39, 0.29) is 11.3 Å². The van der Waals surface area contributed by atoms with Crippen molar-refractivity contribution < 1.29 is 14.1 Å². The van der Waals surface area contributed by atoms with Crippen LogP contribution in [0.1, 0.15) is 10.4 Å². The van der Waals surface area contributed by atoms with Gasteiger partial charge in [-0.1, -0.05) is 11.8 Å². The van der Waals surface area contributed by atoms with Crippen LogP contribution in [0.25, 0.3) is 0 Å². The predicted octanol–water partition coefficient (Wildman–Crippen LogP) is 3.70. The van der Waals surface area contributed by atoms with E-state index in [1.165, 1.54) is 36.0 Å². The molecule has 0 aliphatic heterocycles. The van der Waals surface area contributed by atoms with Crippen molar-refractivity contribution in [2.45, 2.75) is 9.79 Å². The van der Waals surface area contributed by atoms with Crippen molar-refractivity contribution in [3.8, 4) is 0 Å². The fourth-order valence-electron chi connectivity index (χ4n) is 1.47. The number of halogens is 1. The Labute approximate surface area is 112 Å². The largest absolute Gasteiger partial charge is 0.298 e. The first kappa shape index (κ1) is 13.2. The Bertz CT molecular complexity index is 628. The highest BCUT2D eigenvalue weighted by Gasteiger charge is 2.08. The van der Waals surface area contributed by atoms with E-state index >= 15 is 0 Å². The smallest absolute Gasteiger partial charge is 0.269 e. The Balaban J connectivity index is 2.26. The van der Waals surface area contributed by atoms with Gasteiger partial charge in [0, 0.05) is 27.5 Å². The third-order valence-electron chi connectivity index (χ3n) is 2.37. The summed E-state index contributed by atoms with van der Waals surface area (Å²) >= 11 is 1.25. The third kappa shape index (κ3) is 3.17. The fourth-order valence-corrected chi connectivity index (χ4v) is 2.35. The van der Waals surface area contributed by atoms with Crippen molar-refractivity contribution in [1.82, 2.24) is 0 Å². The molecule has 96 valence electrons. The average Bonchev–Trinajstić information content (AvgIpc) is 2.41. The second-order valence-corrected chi connectivity index (χ2v) is 4.77. The summed E-state index contributed by atoms with van der Waals surface area (Å²) in [6.45, 7) is 0. The zero-order valence-electron chi connectivity index (χ0n) is 9.58. The summed E-state index contributed by atoms with van der Waals surface area (Å²) in [5, 5.41) is 10.5. The molecule has 0 fully saturated rings. The maximum Gasteiger partial charge on any atom is 0.269 e. The van der Waals surface area contributed by atoms with Gasteiger partial charge in [-0.05, 0) is 30.3 Å². The molecule has 0 N–H and O–H groups in total. The van der Waals surface area contributed by atoms with Gasteiger partial charge in [0.15, 0.2) is 6.29 Å². The standard InChI is InChI=1S/C13H8FNO3S/c14-10-1-6-13(9(7-10)8-16)19-12-4-2-11(3-5-12)15(17)18/h1-8H. The van der Waals surface area contributed by atoms with Gasteiger partial charge in [-0.2, -0.15) is 0 Å². The molecule has 0 saturated heterocycles. The summed E-state index contributed by atoms with van der Waals surface area (Å²) in [7, 11) is 0. The first-order chi connectivity index (χ1) is 9.10. The monoisotopic (exact) mass is 277 g/mol. The van der Waals surface area contributed by atoms with Gasteiger partial charge in [0.05, 0.1) is 4.92 Å². The molecule has 0 radical (unpaired) electrons. The van der Waals surface area contributed by atoms with Crippen LogP contribution in [-0.4, -0.2) is 11.2 Å². The molecule has 0 unspecified atom stereocenters. The minimum atomic E-state index is -0.483. The SMILES string of the molecule is O=Cc1cc(F)ccc1Sc1ccc([N+](=O)[O-])cc1. The first-order valence-electron chi connectivity index (χ1n) is 5.27. The molecule has 0 spiro atoms. The minimum Gasteiger partial charge on any atom is -0.298 e. The van der Waals surface area contributed by atoms with Gasteiger partial charge in [0.25, 0.3) is 5.69 Å². The molecule has 0 aliphatic carbocycles. The number of hydrogen-bond donors (Lipinski definition) is 0. The number of nitro benzene ring substituents is 1. The Morgan fingerprint density at radius 1 is 1.16 bits per heavy atom. The summed E-state index contributed by atoms with van der Waals surface area (Å²) in [5.41, 5.74) is 0.252. The maximum atomic E-state index is 13.0. The molecule has 4 nitrogen and oxygen atoms in total. The van der Waals surface area contributed by atoms with E-state index in [1.807, 2.05) is 0 Å². The van der Waals surface area contributed by atoms with Crippen LogP contribution in [0.2, 0.25) is 0 Å². The van der Waals surface area contributed by atoms with Crippen molar-refractivity contribution >= 4 is 23.7 Å². The Kier molecular flexibility index (Phi) is 3.91. The molecule has 2 aromatic rings. The number of hydrogen-bond acceptors (Lipinski definition) is 4. The zero-order valence-corrected chi connectivity index (χ0v) is 10.4. The van der Waals surface area contributed by atoms with Crippen molar-refractivity contribution in [2.24, 2.45) is 0 Å². The van der Waals surface area contributed by atoms with Crippen LogP contribution in [0.15, 0.2) is 52.3 Å². The minimum absolute atomic E-state index is 0.000864. The maximum absolute atomic E-state index is 13.0. The third-order valence-corrected chi connectivity index (χ3v) is 3.47. The van der Waals surface area contributed by atoms with Crippen molar-refractivity contribution in [1.29, 1.82) is 0 Å².